The minimum absolute atomic E-state index is 0.0167. The molecule has 19 heavy (non-hydrogen) atoms. The average Bonchev–Trinajstić information content (AvgIpc) is 3.07. The van der Waals surface area contributed by atoms with E-state index in [4.69, 9.17) is 0 Å². The van der Waals surface area contributed by atoms with Crippen LogP contribution in [0.2, 0.25) is 0 Å². The van der Waals surface area contributed by atoms with Gasteiger partial charge in [0, 0.05) is 40.3 Å². The Morgan fingerprint density at radius 1 is 1.37 bits per heavy atom. The number of nitrogens with one attached hydrogen (secondary N) is 2. The van der Waals surface area contributed by atoms with Gasteiger partial charge in [-0.05, 0) is 6.07 Å². The van der Waals surface area contributed by atoms with Crippen molar-refractivity contribution in [1.82, 2.24) is 15.3 Å². The molecular formula is C14H13N3OS. The number of aromatic amines is 1. The third-order valence-electron chi connectivity index (χ3n) is 2.96. The van der Waals surface area contributed by atoms with Crippen LogP contribution < -0.4 is 5.32 Å². The molecule has 96 valence electrons. The van der Waals surface area contributed by atoms with Crippen molar-refractivity contribution in [3.8, 4) is 0 Å². The molecule has 2 heterocycles. The zero-order valence-electron chi connectivity index (χ0n) is 10.2. The molecule has 2 aromatic heterocycles. The number of carbonyl (C=O) groups excluding carboxylic acids is 1. The first-order valence-electron chi connectivity index (χ1n) is 6.06. The number of nitrogens with zero attached hydrogens (tertiary/aromatic N) is 1. The van der Waals surface area contributed by atoms with Crippen LogP contribution in [-0.2, 0) is 6.42 Å². The van der Waals surface area contributed by atoms with Gasteiger partial charge in [0.25, 0.3) is 5.91 Å². The van der Waals surface area contributed by atoms with Crippen molar-refractivity contribution in [2.45, 2.75) is 6.42 Å². The fraction of sp³-hybridized carbons (Fsp3) is 0.143. The van der Waals surface area contributed by atoms with Crippen molar-refractivity contribution in [2.24, 2.45) is 0 Å². The Labute approximate surface area is 114 Å². The van der Waals surface area contributed by atoms with E-state index in [1.54, 1.807) is 23.9 Å². The highest BCUT2D eigenvalue weighted by Gasteiger charge is 2.11. The topological polar surface area (TPSA) is 57.8 Å². The van der Waals surface area contributed by atoms with Crippen LogP contribution in [-0.4, -0.2) is 22.4 Å². The van der Waals surface area contributed by atoms with Crippen LogP contribution in [0, 0.1) is 0 Å². The Balaban J connectivity index is 1.67. The van der Waals surface area contributed by atoms with Crippen molar-refractivity contribution in [1.29, 1.82) is 0 Å². The lowest BCUT2D eigenvalue weighted by Gasteiger charge is -2.03. The summed E-state index contributed by atoms with van der Waals surface area (Å²) < 4.78 is 1.14. The fourth-order valence-corrected chi connectivity index (χ4v) is 2.92. The third kappa shape index (κ3) is 2.51. The predicted octanol–water partition coefficient (Wildman–Crippen LogP) is 2.60. The molecule has 5 heteroatoms. The normalized spacial score (nSPS) is 10.7. The van der Waals surface area contributed by atoms with Crippen LogP contribution in [0.3, 0.4) is 0 Å². The Kier molecular flexibility index (Phi) is 3.29. The number of benzene rings is 1. The summed E-state index contributed by atoms with van der Waals surface area (Å²) in [7, 11) is 0. The molecule has 0 fully saturated rings. The van der Waals surface area contributed by atoms with Crippen LogP contribution in [0.5, 0.6) is 0 Å². The lowest BCUT2D eigenvalue weighted by atomic mass is 10.1. The first-order valence-corrected chi connectivity index (χ1v) is 6.94. The zero-order chi connectivity index (χ0) is 13.1. The van der Waals surface area contributed by atoms with E-state index >= 15 is 0 Å². The number of aromatic nitrogens is 2. The summed E-state index contributed by atoms with van der Waals surface area (Å²) in [4.78, 5) is 19.1. The molecule has 1 aromatic carbocycles. The molecule has 0 atom stereocenters. The number of amides is 1. The van der Waals surface area contributed by atoms with Gasteiger partial charge in [-0.15, -0.1) is 11.3 Å². The largest absolute Gasteiger partial charge is 0.352 e. The van der Waals surface area contributed by atoms with Gasteiger partial charge in [0.2, 0.25) is 0 Å². The molecule has 0 saturated carbocycles. The standard InChI is InChI=1S/C14H13N3OS/c18-14(16-6-5-10-7-15-9-17-10)12-8-19-13-4-2-1-3-11(12)13/h1-4,7-9H,5-6H2,(H,15,17)(H,16,18). The van der Waals surface area contributed by atoms with E-state index in [1.807, 2.05) is 29.6 Å². The summed E-state index contributed by atoms with van der Waals surface area (Å²) in [6.45, 7) is 0.602. The van der Waals surface area contributed by atoms with Crippen LogP contribution in [0.1, 0.15) is 16.1 Å². The lowest BCUT2D eigenvalue weighted by molar-refractivity contribution is 0.0956. The van der Waals surface area contributed by atoms with E-state index in [0.717, 1.165) is 27.8 Å². The molecule has 0 spiro atoms. The van der Waals surface area contributed by atoms with Crippen molar-refractivity contribution >= 4 is 27.3 Å². The number of H-pyrrole nitrogens is 1. The van der Waals surface area contributed by atoms with Crippen molar-refractivity contribution < 1.29 is 4.79 Å². The van der Waals surface area contributed by atoms with Gasteiger partial charge in [0.1, 0.15) is 0 Å². The summed E-state index contributed by atoms with van der Waals surface area (Å²) in [5, 5.41) is 5.87. The average molecular weight is 271 g/mol. The maximum Gasteiger partial charge on any atom is 0.252 e. The van der Waals surface area contributed by atoms with Crippen molar-refractivity contribution in [3.05, 3.63) is 53.4 Å². The molecule has 0 radical (unpaired) electrons. The fourth-order valence-electron chi connectivity index (χ4n) is 1.98. The molecule has 3 aromatic rings. The van der Waals surface area contributed by atoms with Crippen molar-refractivity contribution in [2.75, 3.05) is 6.54 Å². The van der Waals surface area contributed by atoms with Gasteiger partial charge in [-0.3, -0.25) is 4.79 Å². The molecule has 0 aliphatic heterocycles. The molecule has 0 aliphatic carbocycles. The molecular weight excluding hydrogens is 258 g/mol. The van der Waals surface area contributed by atoms with Crippen LogP contribution in [0.25, 0.3) is 10.1 Å². The van der Waals surface area contributed by atoms with E-state index < -0.39 is 0 Å². The number of thiophene rings is 1. The minimum atomic E-state index is -0.0167. The van der Waals surface area contributed by atoms with Gasteiger partial charge < -0.3 is 10.3 Å². The smallest absolute Gasteiger partial charge is 0.252 e. The third-order valence-corrected chi connectivity index (χ3v) is 3.92. The van der Waals surface area contributed by atoms with Gasteiger partial charge in [-0.2, -0.15) is 0 Å². The number of carbonyl (C=O) groups is 1. The number of hydrogen-bond donors (Lipinski definition) is 2. The maximum absolute atomic E-state index is 12.1. The van der Waals surface area contributed by atoms with Crippen LogP contribution in [0.4, 0.5) is 0 Å². The lowest BCUT2D eigenvalue weighted by Crippen LogP contribution is -2.25. The maximum atomic E-state index is 12.1. The second-order valence-electron chi connectivity index (χ2n) is 4.23. The molecule has 0 saturated heterocycles. The van der Waals surface area contributed by atoms with Gasteiger partial charge in [0.05, 0.1) is 11.9 Å². The Morgan fingerprint density at radius 3 is 3.11 bits per heavy atom. The first-order chi connectivity index (χ1) is 9.34. The zero-order valence-corrected chi connectivity index (χ0v) is 11.0. The van der Waals surface area contributed by atoms with E-state index in [-0.39, 0.29) is 5.91 Å². The molecule has 3 rings (SSSR count). The van der Waals surface area contributed by atoms with Crippen molar-refractivity contribution in [3.63, 3.8) is 0 Å². The quantitative estimate of drug-likeness (QED) is 0.766. The van der Waals surface area contributed by atoms with Gasteiger partial charge in [0.15, 0.2) is 0 Å². The molecule has 1 amide bonds. The summed E-state index contributed by atoms with van der Waals surface area (Å²) in [5.74, 6) is -0.0167. The Morgan fingerprint density at radius 2 is 2.26 bits per heavy atom. The molecule has 0 bridgehead atoms. The van der Waals surface area contributed by atoms with Gasteiger partial charge in [-0.1, -0.05) is 18.2 Å². The second-order valence-corrected chi connectivity index (χ2v) is 5.14. The summed E-state index contributed by atoms with van der Waals surface area (Å²) >= 11 is 1.60. The number of rotatable bonds is 4. The van der Waals surface area contributed by atoms with Crippen LogP contribution >= 0.6 is 11.3 Å². The van der Waals surface area contributed by atoms with E-state index in [9.17, 15) is 4.79 Å². The summed E-state index contributed by atoms with van der Waals surface area (Å²) in [6, 6.07) is 7.95. The highest BCUT2D eigenvalue weighted by molar-refractivity contribution is 7.17. The summed E-state index contributed by atoms with van der Waals surface area (Å²) in [6.07, 6.45) is 4.17. The highest BCUT2D eigenvalue weighted by Crippen LogP contribution is 2.25. The SMILES string of the molecule is O=C(NCCc1cnc[nH]1)c1csc2ccccc12. The van der Waals surface area contributed by atoms with Gasteiger partial charge in [-0.25, -0.2) is 4.98 Å². The van der Waals surface area contributed by atoms with E-state index in [2.05, 4.69) is 15.3 Å². The second kappa shape index (κ2) is 5.24. The number of imidazole rings is 1. The highest BCUT2D eigenvalue weighted by atomic mass is 32.1. The molecule has 4 nitrogen and oxygen atoms in total. The Bertz CT molecular complexity index is 688. The number of fused-ring (bicyclic) bond motifs is 1. The number of hydrogen-bond acceptors (Lipinski definition) is 3. The first kappa shape index (κ1) is 11.9. The van der Waals surface area contributed by atoms with E-state index in [1.165, 1.54) is 0 Å². The molecule has 0 aliphatic rings. The monoisotopic (exact) mass is 271 g/mol. The minimum Gasteiger partial charge on any atom is -0.352 e. The molecule has 0 unspecified atom stereocenters. The van der Waals surface area contributed by atoms with E-state index in [0.29, 0.717) is 6.54 Å². The van der Waals surface area contributed by atoms with Gasteiger partial charge >= 0.3 is 0 Å². The molecule has 2 N–H and O–H groups in total. The summed E-state index contributed by atoms with van der Waals surface area (Å²) in [5.41, 5.74) is 1.78. The Hall–Kier alpha value is -2.14. The predicted molar refractivity (Wildman–Crippen MR) is 76.4 cm³/mol. The van der Waals surface area contributed by atoms with Crippen LogP contribution in [0.15, 0.2) is 42.2 Å².